The van der Waals surface area contributed by atoms with Gasteiger partial charge in [0.05, 0.1) is 13.2 Å². The smallest absolute Gasteiger partial charge is 0.129 e. The van der Waals surface area contributed by atoms with E-state index in [1.54, 1.807) is 11.3 Å². The van der Waals surface area contributed by atoms with Crippen LogP contribution in [0.1, 0.15) is 24.0 Å². The molecular formula is C15H19NO2S. The van der Waals surface area contributed by atoms with Gasteiger partial charge >= 0.3 is 0 Å². The van der Waals surface area contributed by atoms with E-state index in [-0.39, 0.29) is 0 Å². The van der Waals surface area contributed by atoms with Crippen LogP contribution in [-0.4, -0.2) is 13.2 Å². The first-order chi connectivity index (χ1) is 9.38. The summed E-state index contributed by atoms with van der Waals surface area (Å²) in [4.78, 5) is 0. The molecule has 0 aliphatic rings. The summed E-state index contributed by atoms with van der Waals surface area (Å²) in [6.07, 6.45) is 4.08. The van der Waals surface area contributed by atoms with Crippen molar-refractivity contribution in [1.82, 2.24) is 5.32 Å². The number of hydrogen-bond donors (Lipinski definition) is 1. The van der Waals surface area contributed by atoms with Gasteiger partial charge in [0.25, 0.3) is 0 Å². The molecule has 0 unspecified atom stereocenters. The molecule has 0 bridgehead atoms. The van der Waals surface area contributed by atoms with Crippen molar-refractivity contribution in [2.45, 2.75) is 20.1 Å². The van der Waals surface area contributed by atoms with Crippen LogP contribution in [0.3, 0.4) is 0 Å². The fraction of sp³-hybridized carbons (Fsp3) is 0.333. The molecule has 19 heavy (non-hydrogen) atoms. The Morgan fingerprint density at radius 1 is 1.32 bits per heavy atom. The van der Waals surface area contributed by atoms with E-state index in [0.29, 0.717) is 13.2 Å². The summed E-state index contributed by atoms with van der Waals surface area (Å²) in [6, 6.07) is 6.04. The van der Waals surface area contributed by atoms with Gasteiger partial charge in [-0.1, -0.05) is 19.1 Å². The molecular weight excluding hydrogens is 258 g/mol. The van der Waals surface area contributed by atoms with Crippen molar-refractivity contribution in [2.75, 3.05) is 13.2 Å². The van der Waals surface area contributed by atoms with Gasteiger partial charge in [-0.25, -0.2) is 0 Å². The van der Waals surface area contributed by atoms with Crippen LogP contribution in [0.2, 0.25) is 0 Å². The van der Waals surface area contributed by atoms with Crippen molar-refractivity contribution in [1.29, 1.82) is 0 Å². The molecule has 2 aromatic rings. The highest BCUT2D eigenvalue weighted by Crippen LogP contribution is 2.10. The lowest BCUT2D eigenvalue weighted by molar-refractivity contribution is 0.130. The van der Waals surface area contributed by atoms with E-state index in [4.69, 9.17) is 9.15 Å². The summed E-state index contributed by atoms with van der Waals surface area (Å²) < 4.78 is 11.2. The van der Waals surface area contributed by atoms with Crippen LogP contribution < -0.4 is 5.32 Å². The summed E-state index contributed by atoms with van der Waals surface area (Å²) in [5.41, 5.74) is 1.22. The minimum Gasteiger partial charge on any atom is -0.462 e. The van der Waals surface area contributed by atoms with Crippen molar-refractivity contribution in [3.8, 4) is 0 Å². The van der Waals surface area contributed by atoms with Gasteiger partial charge in [0, 0.05) is 0 Å². The summed E-state index contributed by atoms with van der Waals surface area (Å²) in [5.74, 6) is 1.83. The van der Waals surface area contributed by atoms with E-state index in [2.05, 4.69) is 35.1 Å². The average Bonchev–Trinajstić information content (AvgIpc) is 3.07. The summed E-state index contributed by atoms with van der Waals surface area (Å²) in [5, 5.41) is 7.40. The maximum absolute atomic E-state index is 5.63. The Hall–Kier alpha value is -1.36. The van der Waals surface area contributed by atoms with Crippen LogP contribution in [0.5, 0.6) is 0 Å². The highest BCUT2D eigenvalue weighted by molar-refractivity contribution is 7.08. The van der Waals surface area contributed by atoms with Gasteiger partial charge in [-0.05, 0) is 41.1 Å². The maximum atomic E-state index is 5.63. The van der Waals surface area contributed by atoms with Gasteiger partial charge in [-0.3, -0.25) is 0 Å². The van der Waals surface area contributed by atoms with Crippen LogP contribution in [0.4, 0.5) is 0 Å². The Morgan fingerprint density at radius 2 is 2.21 bits per heavy atom. The molecule has 2 rings (SSSR count). The molecule has 0 amide bonds. The molecule has 0 aliphatic carbocycles. The highest BCUT2D eigenvalue weighted by Gasteiger charge is 2.00. The van der Waals surface area contributed by atoms with Crippen LogP contribution in [0, 0.1) is 0 Å². The zero-order chi connectivity index (χ0) is 13.3. The van der Waals surface area contributed by atoms with Gasteiger partial charge in [-0.2, -0.15) is 11.3 Å². The van der Waals surface area contributed by atoms with Gasteiger partial charge in [0.15, 0.2) is 0 Å². The fourth-order valence-corrected chi connectivity index (χ4v) is 2.25. The summed E-state index contributed by atoms with van der Waals surface area (Å²) >= 11 is 1.70. The first-order valence-electron chi connectivity index (χ1n) is 6.43. The van der Waals surface area contributed by atoms with E-state index >= 15 is 0 Å². The Balaban J connectivity index is 1.66. The summed E-state index contributed by atoms with van der Waals surface area (Å²) in [6.45, 7) is 4.90. The molecule has 2 heterocycles. The van der Waals surface area contributed by atoms with Crippen molar-refractivity contribution in [3.05, 3.63) is 52.1 Å². The van der Waals surface area contributed by atoms with Crippen molar-refractivity contribution in [2.24, 2.45) is 0 Å². The molecule has 0 spiro atoms. The molecule has 0 aliphatic heterocycles. The molecule has 1 N–H and O–H groups in total. The Kier molecular flexibility index (Phi) is 5.88. The molecule has 2 aromatic heterocycles. The zero-order valence-electron chi connectivity index (χ0n) is 11.1. The number of rotatable bonds is 8. The second-order valence-electron chi connectivity index (χ2n) is 4.12. The number of ether oxygens (including phenoxy) is 1. The second kappa shape index (κ2) is 7.94. The third kappa shape index (κ3) is 5.03. The van der Waals surface area contributed by atoms with Crippen LogP contribution in [-0.2, 0) is 17.9 Å². The molecule has 3 nitrogen and oxygen atoms in total. The second-order valence-corrected chi connectivity index (χ2v) is 4.90. The molecule has 0 aromatic carbocycles. The number of thiophene rings is 1. The molecule has 0 saturated heterocycles. The van der Waals surface area contributed by atoms with Crippen molar-refractivity contribution >= 4 is 17.4 Å². The molecule has 4 heteroatoms. The monoisotopic (exact) mass is 277 g/mol. The van der Waals surface area contributed by atoms with E-state index in [9.17, 15) is 0 Å². The zero-order valence-corrected chi connectivity index (χ0v) is 11.9. The van der Waals surface area contributed by atoms with Crippen LogP contribution in [0.15, 0.2) is 39.5 Å². The van der Waals surface area contributed by atoms with E-state index in [1.807, 2.05) is 18.2 Å². The number of nitrogens with one attached hydrogen (secondary N) is 1. The fourth-order valence-electron chi connectivity index (χ4n) is 1.62. The lowest BCUT2D eigenvalue weighted by atomic mass is 10.3. The Morgan fingerprint density at radius 3 is 3.00 bits per heavy atom. The minimum absolute atomic E-state index is 0.514. The highest BCUT2D eigenvalue weighted by atomic mass is 32.1. The first-order valence-corrected chi connectivity index (χ1v) is 7.37. The van der Waals surface area contributed by atoms with Gasteiger partial charge in [0.2, 0.25) is 0 Å². The van der Waals surface area contributed by atoms with Crippen molar-refractivity contribution in [3.63, 3.8) is 0 Å². The van der Waals surface area contributed by atoms with Crippen molar-refractivity contribution < 1.29 is 9.15 Å². The van der Waals surface area contributed by atoms with Gasteiger partial charge in [-0.15, -0.1) is 0 Å². The van der Waals surface area contributed by atoms with E-state index < -0.39 is 0 Å². The largest absolute Gasteiger partial charge is 0.462 e. The lowest BCUT2D eigenvalue weighted by Crippen LogP contribution is -2.10. The minimum atomic E-state index is 0.514. The van der Waals surface area contributed by atoms with Gasteiger partial charge < -0.3 is 14.5 Å². The van der Waals surface area contributed by atoms with Gasteiger partial charge in [0.1, 0.15) is 18.1 Å². The molecule has 0 saturated carbocycles. The maximum Gasteiger partial charge on any atom is 0.129 e. The molecule has 102 valence electrons. The third-order valence-corrected chi connectivity index (χ3v) is 3.28. The topological polar surface area (TPSA) is 34.4 Å². The Bertz CT molecular complexity index is 488. The Labute approximate surface area is 117 Å². The number of furan rings is 1. The summed E-state index contributed by atoms with van der Waals surface area (Å²) in [7, 11) is 0. The van der Waals surface area contributed by atoms with E-state index in [1.165, 1.54) is 5.56 Å². The normalized spacial score (nSPS) is 11.4. The van der Waals surface area contributed by atoms with Crippen LogP contribution in [0.25, 0.3) is 6.08 Å². The quantitative estimate of drug-likeness (QED) is 0.747. The molecule has 0 radical (unpaired) electrons. The number of hydrogen-bond acceptors (Lipinski definition) is 4. The predicted molar refractivity (Wildman–Crippen MR) is 79.1 cm³/mol. The standard InChI is InChI=1S/C15H19NO2S/c1-2-16-10-14-5-6-15(18-14)11-17-8-3-4-13-7-9-19-12-13/h3-7,9,12,16H,2,8,10-11H2,1H3. The molecule has 0 atom stereocenters. The average molecular weight is 277 g/mol. The third-order valence-electron chi connectivity index (χ3n) is 2.58. The SMILES string of the molecule is CCNCc1ccc(COCC=Cc2ccsc2)o1. The first kappa shape index (κ1) is 14.1. The lowest BCUT2D eigenvalue weighted by Gasteiger charge is -1.99. The molecule has 0 fully saturated rings. The van der Waals surface area contributed by atoms with E-state index in [0.717, 1.165) is 24.6 Å². The predicted octanol–water partition coefficient (Wildman–Crippen LogP) is 3.68. The van der Waals surface area contributed by atoms with Crippen LogP contribution >= 0.6 is 11.3 Å².